The molecule has 0 bridgehead atoms. The molecular formula is C17H21FN2O. The van der Waals surface area contributed by atoms with Crippen molar-refractivity contribution in [1.29, 1.82) is 0 Å². The average Bonchev–Trinajstić information content (AvgIpc) is 2.49. The van der Waals surface area contributed by atoms with Gasteiger partial charge in [-0.05, 0) is 36.4 Å². The molecule has 0 spiro atoms. The van der Waals surface area contributed by atoms with Crippen LogP contribution in [-0.4, -0.2) is 19.1 Å². The smallest absolute Gasteiger partial charge is 0.123 e. The molecule has 3 nitrogen and oxygen atoms in total. The summed E-state index contributed by atoms with van der Waals surface area (Å²) < 4.78 is 18.2. The van der Waals surface area contributed by atoms with Crippen LogP contribution in [0.25, 0.3) is 0 Å². The summed E-state index contributed by atoms with van der Waals surface area (Å²) >= 11 is 0. The lowest BCUT2D eigenvalue weighted by atomic mass is 10.1. The van der Waals surface area contributed by atoms with Gasteiger partial charge < -0.3 is 10.5 Å². The third kappa shape index (κ3) is 4.28. The number of benzene rings is 2. The maximum atomic E-state index is 12.9. The van der Waals surface area contributed by atoms with Crippen LogP contribution in [0.4, 0.5) is 4.39 Å². The minimum Gasteiger partial charge on any atom is -0.496 e. The molecule has 2 aromatic carbocycles. The number of methoxy groups -OCH3 is 1. The number of ether oxygens (including phenoxy) is 1. The van der Waals surface area contributed by atoms with E-state index in [-0.39, 0.29) is 5.82 Å². The van der Waals surface area contributed by atoms with Crippen LogP contribution in [0.1, 0.15) is 16.7 Å². The molecule has 0 heterocycles. The molecule has 4 heteroatoms. The van der Waals surface area contributed by atoms with E-state index in [1.807, 2.05) is 31.3 Å². The Bertz CT molecular complexity index is 584. The summed E-state index contributed by atoms with van der Waals surface area (Å²) in [6.07, 6.45) is 0. The van der Waals surface area contributed by atoms with Crippen LogP contribution in [0.5, 0.6) is 5.75 Å². The van der Waals surface area contributed by atoms with E-state index in [1.54, 1.807) is 7.11 Å². The second-order valence-corrected chi connectivity index (χ2v) is 5.15. The Labute approximate surface area is 125 Å². The van der Waals surface area contributed by atoms with Gasteiger partial charge in [-0.25, -0.2) is 4.39 Å². The first-order chi connectivity index (χ1) is 10.1. The number of hydrogen-bond donors (Lipinski definition) is 1. The fraction of sp³-hybridized carbons (Fsp3) is 0.294. The average molecular weight is 288 g/mol. The molecule has 0 atom stereocenters. The maximum absolute atomic E-state index is 12.9. The highest BCUT2D eigenvalue weighted by molar-refractivity contribution is 5.37. The standard InChI is InChI=1S/C17H21FN2O/c1-20(11-13-4-7-16(18)8-5-13)12-14-3-6-15(10-19)17(9-14)21-2/h3-9H,10-12,19H2,1-2H3. The highest BCUT2D eigenvalue weighted by atomic mass is 19.1. The molecule has 0 amide bonds. The van der Waals surface area contributed by atoms with Crippen molar-refractivity contribution in [1.82, 2.24) is 4.90 Å². The third-order valence-electron chi connectivity index (χ3n) is 3.39. The largest absolute Gasteiger partial charge is 0.496 e. The lowest BCUT2D eigenvalue weighted by Gasteiger charge is -2.18. The zero-order valence-corrected chi connectivity index (χ0v) is 12.5. The van der Waals surface area contributed by atoms with Crippen LogP contribution >= 0.6 is 0 Å². The van der Waals surface area contributed by atoms with Crippen molar-refractivity contribution in [2.24, 2.45) is 5.73 Å². The van der Waals surface area contributed by atoms with Crippen molar-refractivity contribution in [2.75, 3.05) is 14.2 Å². The highest BCUT2D eigenvalue weighted by Gasteiger charge is 2.06. The van der Waals surface area contributed by atoms with Crippen LogP contribution < -0.4 is 10.5 Å². The minimum absolute atomic E-state index is 0.205. The molecule has 0 saturated heterocycles. The predicted octanol–water partition coefficient (Wildman–Crippen LogP) is 2.93. The molecule has 0 aliphatic rings. The van der Waals surface area contributed by atoms with Crippen molar-refractivity contribution >= 4 is 0 Å². The van der Waals surface area contributed by atoms with E-state index >= 15 is 0 Å². The van der Waals surface area contributed by atoms with Gasteiger partial charge in [0.15, 0.2) is 0 Å². The fourth-order valence-electron chi connectivity index (χ4n) is 2.33. The summed E-state index contributed by atoms with van der Waals surface area (Å²) in [4.78, 5) is 2.17. The van der Waals surface area contributed by atoms with Crippen molar-refractivity contribution in [2.45, 2.75) is 19.6 Å². The molecule has 2 rings (SSSR count). The number of nitrogens with two attached hydrogens (primary N) is 1. The Morgan fingerprint density at radius 1 is 1.05 bits per heavy atom. The number of halogens is 1. The van der Waals surface area contributed by atoms with Gasteiger partial charge in [0.05, 0.1) is 7.11 Å². The summed E-state index contributed by atoms with van der Waals surface area (Å²) in [6.45, 7) is 2.02. The fourth-order valence-corrected chi connectivity index (χ4v) is 2.33. The van der Waals surface area contributed by atoms with Crippen molar-refractivity contribution < 1.29 is 9.13 Å². The van der Waals surface area contributed by atoms with Gasteiger partial charge in [0.1, 0.15) is 11.6 Å². The molecule has 0 aliphatic heterocycles. The Morgan fingerprint density at radius 3 is 2.29 bits per heavy atom. The van der Waals surface area contributed by atoms with Gasteiger partial charge in [-0.1, -0.05) is 24.3 Å². The molecule has 0 unspecified atom stereocenters. The SMILES string of the molecule is COc1cc(CN(C)Cc2ccc(F)cc2)ccc1CN. The van der Waals surface area contributed by atoms with Gasteiger partial charge in [-0.3, -0.25) is 4.90 Å². The second kappa shape index (κ2) is 7.20. The van der Waals surface area contributed by atoms with E-state index in [1.165, 1.54) is 12.1 Å². The molecule has 112 valence electrons. The molecule has 0 fully saturated rings. The molecule has 0 saturated carbocycles. The first kappa shape index (κ1) is 15.5. The van der Waals surface area contributed by atoms with E-state index in [9.17, 15) is 4.39 Å². The second-order valence-electron chi connectivity index (χ2n) is 5.15. The third-order valence-corrected chi connectivity index (χ3v) is 3.39. The minimum atomic E-state index is -0.205. The first-order valence-electron chi connectivity index (χ1n) is 6.91. The zero-order chi connectivity index (χ0) is 15.2. The zero-order valence-electron chi connectivity index (χ0n) is 12.5. The lowest BCUT2D eigenvalue weighted by Crippen LogP contribution is -2.17. The molecule has 0 aliphatic carbocycles. The van der Waals surface area contributed by atoms with Crippen LogP contribution in [0.2, 0.25) is 0 Å². The predicted molar refractivity (Wildman–Crippen MR) is 82.5 cm³/mol. The van der Waals surface area contributed by atoms with E-state index in [0.29, 0.717) is 6.54 Å². The number of hydrogen-bond acceptors (Lipinski definition) is 3. The molecule has 2 N–H and O–H groups in total. The van der Waals surface area contributed by atoms with E-state index in [4.69, 9.17) is 10.5 Å². The van der Waals surface area contributed by atoms with Crippen LogP contribution in [-0.2, 0) is 19.6 Å². The Kier molecular flexibility index (Phi) is 5.31. The normalized spacial score (nSPS) is 10.9. The molecule has 2 aromatic rings. The highest BCUT2D eigenvalue weighted by Crippen LogP contribution is 2.20. The van der Waals surface area contributed by atoms with Crippen molar-refractivity contribution in [3.05, 3.63) is 65.0 Å². The summed E-state index contributed by atoms with van der Waals surface area (Å²) in [7, 11) is 3.69. The molecule has 0 aromatic heterocycles. The van der Waals surface area contributed by atoms with Crippen molar-refractivity contribution in [3.8, 4) is 5.75 Å². The van der Waals surface area contributed by atoms with E-state index in [0.717, 1.165) is 35.5 Å². The maximum Gasteiger partial charge on any atom is 0.123 e. The molecule has 21 heavy (non-hydrogen) atoms. The van der Waals surface area contributed by atoms with Gasteiger partial charge >= 0.3 is 0 Å². The summed E-state index contributed by atoms with van der Waals surface area (Å²) in [6, 6.07) is 12.7. The Balaban J connectivity index is 2.02. The van der Waals surface area contributed by atoms with Gasteiger partial charge in [0, 0.05) is 25.2 Å². The van der Waals surface area contributed by atoms with Gasteiger partial charge in [0.25, 0.3) is 0 Å². The van der Waals surface area contributed by atoms with Crippen LogP contribution in [0, 0.1) is 5.82 Å². The quantitative estimate of drug-likeness (QED) is 0.888. The molecular weight excluding hydrogens is 267 g/mol. The number of nitrogens with zero attached hydrogens (tertiary/aromatic N) is 1. The molecule has 0 radical (unpaired) electrons. The number of rotatable bonds is 6. The van der Waals surface area contributed by atoms with Crippen LogP contribution in [0.3, 0.4) is 0 Å². The summed E-state index contributed by atoms with van der Waals surface area (Å²) in [5, 5.41) is 0. The Morgan fingerprint density at radius 2 is 1.67 bits per heavy atom. The van der Waals surface area contributed by atoms with Gasteiger partial charge in [0.2, 0.25) is 0 Å². The first-order valence-corrected chi connectivity index (χ1v) is 6.91. The van der Waals surface area contributed by atoms with Crippen LogP contribution in [0.15, 0.2) is 42.5 Å². The summed E-state index contributed by atoms with van der Waals surface area (Å²) in [5.41, 5.74) is 8.92. The van der Waals surface area contributed by atoms with Crippen molar-refractivity contribution in [3.63, 3.8) is 0 Å². The Hall–Kier alpha value is -1.91. The van der Waals surface area contributed by atoms with E-state index < -0.39 is 0 Å². The van der Waals surface area contributed by atoms with Gasteiger partial charge in [-0.15, -0.1) is 0 Å². The summed E-state index contributed by atoms with van der Waals surface area (Å²) in [5.74, 6) is 0.619. The van der Waals surface area contributed by atoms with E-state index in [2.05, 4.69) is 11.0 Å². The monoisotopic (exact) mass is 288 g/mol. The topological polar surface area (TPSA) is 38.5 Å². The lowest BCUT2D eigenvalue weighted by molar-refractivity contribution is 0.318. The van der Waals surface area contributed by atoms with Gasteiger partial charge in [-0.2, -0.15) is 0 Å².